The minimum absolute atomic E-state index is 0.383. The quantitative estimate of drug-likeness (QED) is 0.876. The molecule has 1 fully saturated rings. The zero-order chi connectivity index (χ0) is 13.8. The summed E-state index contributed by atoms with van der Waals surface area (Å²) in [7, 11) is 0. The summed E-state index contributed by atoms with van der Waals surface area (Å²) in [4.78, 5) is 5.82. The Balaban J connectivity index is 1.61. The molecule has 1 aliphatic heterocycles. The number of benzene rings is 1. The topological polar surface area (TPSA) is 51.0 Å². The molecule has 3 rings (SSSR count). The Labute approximate surface area is 123 Å². The van der Waals surface area contributed by atoms with Gasteiger partial charge in [-0.1, -0.05) is 23.4 Å². The maximum Gasteiger partial charge on any atom is 0.231 e. The van der Waals surface area contributed by atoms with Crippen molar-refractivity contribution in [3.05, 3.63) is 41.5 Å². The van der Waals surface area contributed by atoms with Crippen molar-refractivity contribution in [2.75, 3.05) is 13.1 Å². The molecule has 5 heteroatoms. The minimum atomic E-state index is 0.383. The van der Waals surface area contributed by atoms with Crippen LogP contribution in [0.15, 0.2) is 33.7 Å². The molecule has 1 atom stereocenters. The van der Waals surface area contributed by atoms with Gasteiger partial charge in [-0.15, -0.1) is 11.8 Å². The van der Waals surface area contributed by atoms with Gasteiger partial charge in [-0.05, 0) is 37.9 Å². The maximum atomic E-state index is 5.41. The lowest BCUT2D eigenvalue weighted by molar-refractivity contribution is 0.320. The van der Waals surface area contributed by atoms with Crippen LogP contribution in [0.5, 0.6) is 0 Å². The van der Waals surface area contributed by atoms with Gasteiger partial charge >= 0.3 is 0 Å². The predicted octanol–water partition coefficient (Wildman–Crippen LogP) is 3.14. The van der Waals surface area contributed by atoms with Crippen molar-refractivity contribution in [3.8, 4) is 0 Å². The third-order valence-corrected chi connectivity index (χ3v) is 4.75. The van der Waals surface area contributed by atoms with Gasteiger partial charge < -0.3 is 9.84 Å². The van der Waals surface area contributed by atoms with Gasteiger partial charge in [0.25, 0.3) is 0 Å². The summed E-state index contributed by atoms with van der Waals surface area (Å²) in [5, 5.41) is 7.48. The minimum Gasteiger partial charge on any atom is -0.339 e. The molecule has 1 aliphatic rings. The zero-order valence-electron chi connectivity index (χ0n) is 11.6. The van der Waals surface area contributed by atoms with Gasteiger partial charge in [-0.3, -0.25) is 0 Å². The maximum absolute atomic E-state index is 5.41. The molecule has 1 saturated heterocycles. The highest BCUT2D eigenvalue weighted by molar-refractivity contribution is 7.98. The molecular formula is C15H19N3OS. The molecule has 0 amide bonds. The highest BCUT2D eigenvalue weighted by Gasteiger charge is 2.21. The van der Waals surface area contributed by atoms with Crippen LogP contribution in [0.3, 0.4) is 0 Å². The Morgan fingerprint density at radius 2 is 2.30 bits per heavy atom. The van der Waals surface area contributed by atoms with Crippen molar-refractivity contribution in [1.82, 2.24) is 15.5 Å². The van der Waals surface area contributed by atoms with E-state index in [2.05, 4.69) is 46.6 Å². The second-order valence-electron chi connectivity index (χ2n) is 5.15. The van der Waals surface area contributed by atoms with Gasteiger partial charge in [0.15, 0.2) is 5.82 Å². The largest absolute Gasteiger partial charge is 0.339 e. The summed E-state index contributed by atoms with van der Waals surface area (Å²) in [6, 6.07) is 8.37. The molecule has 1 aromatic carbocycles. The molecule has 1 aromatic heterocycles. The highest BCUT2D eigenvalue weighted by Crippen LogP contribution is 2.26. The number of nitrogens with one attached hydrogen (secondary N) is 1. The van der Waals surface area contributed by atoms with Crippen molar-refractivity contribution >= 4 is 11.8 Å². The van der Waals surface area contributed by atoms with E-state index in [4.69, 9.17) is 4.52 Å². The van der Waals surface area contributed by atoms with Gasteiger partial charge in [0.1, 0.15) is 0 Å². The number of hydrogen-bond acceptors (Lipinski definition) is 5. The fraction of sp³-hybridized carbons (Fsp3) is 0.467. The van der Waals surface area contributed by atoms with Crippen LogP contribution in [0.25, 0.3) is 0 Å². The van der Waals surface area contributed by atoms with Crippen molar-refractivity contribution < 1.29 is 4.52 Å². The fourth-order valence-electron chi connectivity index (χ4n) is 2.42. The molecule has 2 aromatic rings. The van der Waals surface area contributed by atoms with Crippen LogP contribution in [0.2, 0.25) is 0 Å². The summed E-state index contributed by atoms with van der Waals surface area (Å²) in [6.45, 7) is 4.17. The third-order valence-electron chi connectivity index (χ3n) is 3.58. The van der Waals surface area contributed by atoms with Crippen LogP contribution in [0, 0.1) is 6.92 Å². The smallest absolute Gasteiger partial charge is 0.231 e. The van der Waals surface area contributed by atoms with Crippen LogP contribution in [-0.4, -0.2) is 23.2 Å². The second kappa shape index (κ2) is 6.41. The van der Waals surface area contributed by atoms with Crippen LogP contribution >= 0.6 is 11.8 Å². The fourth-order valence-corrected chi connectivity index (χ4v) is 3.29. The van der Waals surface area contributed by atoms with Crippen molar-refractivity contribution in [3.63, 3.8) is 0 Å². The van der Waals surface area contributed by atoms with Gasteiger partial charge in [0.05, 0.1) is 11.7 Å². The Morgan fingerprint density at radius 1 is 1.40 bits per heavy atom. The summed E-state index contributed by atoms with van der Waals surface area (Å²) >= 11 is 1.76. The first kappa shape index (κ1) is 13.6. The highest BCUT2D eigenvalue weighted by atomic mass is 32.2. The predicted molar refractivity (Wildman–Crippen MR) is 79.9 cm³/mol. The zero-order valence-corrected chi connectivity index (χ0v) is 12.4. The monoisotopic (exact) mass is 289 g/mol. The van der Waals surface area contributed by atoms with E-state index in [9.17, 15) is 0 Å². The van der Waals surface area contributed by atoms with Crippen molar-refractivity contribution in [1.29, 1.82) is 0 Å². The number of hydrogen-bond donors (Lipinski definition) is 1. The molecular weight excluding hydrogens is 270 g/mol. The first-order valence-corrected chi connectivity index (χ1v) is 8.03. The average Bonchev–Trinajstić information content (AvgIpc) is 2.96. The molecule has 0 spiro atoms. The normalized spacial score (nSPS) is 19.1. The van der Waals surface area contributed by atoms with E-state index < -0.39 is 0 Å². The molecule has 20 heavy (non-hydrogen) atoms. The van der Waals surface area contributed by atoms with E-state index in [1.165, 1.54) is 16.9 Å². The van der Waals surface area contributed by atoms with Crippen LogP contribution in [-0.2, 0) is 5.75 Å². The van der Waals surface area contributed by atoms with E-state index in [0.717, 1.165) is 37.0 Å². The SMILES string of the molecule is Cc1ccccc1SCc1noc(C2CCCNC2)n1. The number of rotatable bonds is 4. The number of aromatic nitrogens is 2. The molecule has 1 N–H and O–H groups in total. The van der Waals surface area contributed by atoms with Crippen LogP contribution in [0.1, 0.15) is 36.0 Å². The third kappa shape index (κ3) is 3.22. The molecule has 1 unspecified atom stereocenters. The molecule has 0 radical (unpaired) electrons. The summed E-state index contributed by atoms with van der Waals surface area (Å²) in [6.07, 6.45) is 2.32. The molecule has 0 bridgehead atoms. The first-order valence-electron chi connectivity index (χ1n) is 7.04. The number of thioether (sulfide) groups is 1. The lowest BCUT2D eigenvalue weighted by atomic mass is 10.00. The molecule has 106 valence electrons. The summed E-state index contributed by atoms with van der Waals surface area (Å²) in [5.74, 6) is 2.72. The summed E-state index contributed by atoms with van der Waals surface area (Å²) < 4.78 is 5.41. The summed E-state index contributed by atoms with van der Waals surface area (Å²) in [5.41, 5.74) is 1.29. The van der Waals surface area contributed by atoms with E-state index >= 15 is 0 Å². The van der Waals surface area contributed by atoms with Gasteiger partial charge in [-0.2, -0.15) is 4.98 Å². The average molecular weight is 289 g/mol. The van der Waals surface area contributed by atoms with Gasteiger partial charge in [0, 0.05) is 11.4 Å². The van der Waals surface area contributed by atoms with Crippen LogP contribution < -0.4 is 5.32 Å². The van der Waals surface area contributed by atoms with E-state index in [1.807, 2.05) is 0 Å². The lowest BCUT2D eigenvalue weighted by Crippen LogP contribution is -2.28. The van der Waals surface area contributed by atoms with Gasteiger partial charge in [0.2, 0.25) is 5.89 Å². The molecule has 2 heterocycles. The van der Waals surface area contributed by atoms with Crippen LogP contribution in [0.4, 0.5) is 0 Å². The van der Waals surface area contributed by atoms with Crippen molar-refractivity contribution in [2.24, 2.45) is 0 Å². The number of aryl methyl sites for hydroxylation is 1. The molecule has 0 saturated carbocycles. The first-order chi connectivity index (χ1) is 9.83. The Morgan fingerprint density at radius 3 is 3.10 bits per heavy atom. The lowest BCUT2D eigenvalue weighted by Gasteiger charge is -2.18. The Bertz CT molecular complexity index is 564. The number of nitrogens with zero attached hydrogens (tertiary/aromatic N) is 2. The van der Waals surface area contributed by atoms with Gasteiger partial charge in [-0.25, -0.2) is 0 Å². The molecule has 4 nitrogen and oxygen atoms in total. The van der Waals surface area contributed by atoms with E-state index in [0.29, 0.717) is 5.92 Å². The van der Waals surface area contributed by atoms with E-state index in [-0.39, 0.29) is 0 Å². The van der Waals surface area contributed by atoms with Crippen molar-refractivity contribution in [2.45, 2.75) is 36.3 Å². The Kier molecular flexibility index (Phi) is 4.38. The Hall–Kier alpha value is -1.33. The number of piperidine rings is 1. The molecule has 0 aliphatic carbocycles. The van der Waals surface area contributed by atoms with E-state index in [1.54, 1.807) is 11.8 Å². The standard InChI is InChI=1S/C15H19N3OS/c1-11-5-2-3-7-13(11)20-10-14-17-15(19-18-14)12-6-4-8-16-9-12/h2-3,5,7,12,16H,4,6,8-10H2,1H3. The second-order valence-corrected chi connectivity index (χ2v) is 6.16.